The summed E-state index contributed by atoms with van der Waals surface area (Å²) < 4.78 is 4.47. The van der Waals surface area contributed by atoms with Crippen LogP contribution in [-0.4, -0.2) is 26.9 Å². The minimum absolute atomic E-state index is 0.00708. The topological polar surface area (TPSA) is 55.0 Å². The molecule has 0 saturated heterocycles. The monoisotopic (exact) mass is 284 g/mol. The molecule has 0 spiro atoms. The average molecular weight is 284 g/mol. The molecule has 0 bridgehead atoms. The van der Waals surface area contributed by atoms with Gasteiger partial charge in [-0.2, -0.15) is 4.37 Å². The SMILES string of the molecule is CC(C)(C)c1nsc(N(CCC(N)=S)C2CC2)n1. The van der Waals surface area contributed by atoms with E-state index >= 15 is 0 Å². The molecule has 4 nitrogen and oxygen atoms in total. The van der Waals surface area contributed by atoms with Crippen molar-refractivity contribution in [2.24, 2.45) is 5.73 Å². The molecular weight excluding hydrogens is 264 g/mol. The number of hydrogen-bond donors (Lipinski definition) is 1. The maximum atomic E-state index is 5.59. The Balaban J connectivity index is 2.10. The molecule has 0 radical (unpaired) electrons. The summed E-state index contributed by atoms with van der Waals surface area (Å²) in [6.45, 7) is 7.26. The van der Waals surface area contributed by atoms with Crippen LogP contribution < -0.4 is 10.6 Å². The van der Waals surface area contributed by atoms with Gasteiger partial charge in [-0.15, -0.1) is 0 Å². The Morgan fingerprint density at radius 2 is 2.17 bits per heavy atom. The summed E-state index contributed by atoms with van der Waals surface area (Å²) in [4.78, 5) is 7.55. The van der Waals surface area contributed by atoms with Crippen molar-refractivity contribution in [3.63, 3.8) is 0 Å². The summed E-state index contributed by atoms with van der Waals surface area (Å²) in [6.07, 6.45) is 3.22. The smallest absolute Gasteiger partial charge is 0.205 e. The molecule has 1 aliphatic rings. The summed E-state index contributed by atoms with van der Waals surface area (Å²) in [5.74, 6) is 0.920. The highest BCUT2D eigenvalue weighted by Crippen LogP contribution is 2.34. The van der Waals surface area contributed by atoms with E-state index in [1.165, 1.54) is 24.4 Å². The summed E-state index contributed by atoms with van der Waals surface area (Å²) in [6, 6.07) is 0.611. The van der Waals surface area contributed by atoms with Gasteiger partial charge in [0.25, 0.3) is 0 Å². The van der Waals surface area contributed by atoms with Crippen molar-refractivity contribution < 1.29 is 0 Å². The number of anilines is 1. The van der Waals surface area contributed by atoms with Crippen LogP contribution in [0.1, 0.15) is 45.9 Å². The van der Waals surface area contributed by atoms with E-state index in [9.17, 15) is 0 Å². The fourth-order valence-electron chi connectivity index (χ4n) is 1.69. The molecule has 0 amide bonds. The first-order valence-corrected chi connectivity index (χ1v) is 7.45. The third-order valence-electron chi connectivity index (χ3n) is 2.92. The average Bonchev–Trinajstić information content (AvgIpc) is 2.93. The van der Waals surface area contributed by atoms with E-state index in [1.807, 2.05) is 0 Å². The first kappa shape index (κ1) is 13.7. The lowest BCUT2D eigenvalue weighted by atomic mass is 9.96. The van der Waals surface area contributed by atoms with Gasteiger partial charge in [0.05, 0.1) is 4.99 Å². The Bertz CT molecular complexity index is 432. The van der Waals surface area contributed by atoms with Crippen molar-refractivity contribution in [1.29, 1.82) is 0 Å². The van der Waals surface area contributed by atoms with Crippen LogP contribution in [0.4, 0.5) is 5.13 Å². The Labute approximate surface area is 118 Å². The second kappa shape index (κ2) is 5.09. The van der Waals surface area contributed by atoms with Crippen molar-refractivity contribution in [3.05, 3.63) is 5.82 Å². The quantitative estimate of drug-likeness (QED) is 0.842. The molecule has 0 aromatic carbocycles. The Kier molecular flexibility index (Phi) is 3.87. The van der Waals surface area contributed by atoms with Crippen molar-refractivity contribution in [3.8, 4) is 0 Å². The van der Waals surface area contributed by atoms with Gasteiger partial charge in [0, 0.05) is 36.0 Å². The molecule has 18 heavy (non-hydrogen) atoms. The van der Waals surface area contributed by atoms with Gasteiger partial charge in [0.15, 0.2) is 0 Å². The molecule has 6 heteroatoms. The maximum Gasteiger partial charge on any atom is 0.205 e. The van der Waals surface area contributed by atoms with Gasteiger partial charge in [-0.25, -0.2) is 4.98 Å². The van der Waals surface area contributed by atoms with Crippen LogP contribution in [0.3, 0.4) is 0 Å². The highest BCUT2D eigenvalue weighted by molar-refractivity contribution is 7.80. The lowest BCUT2D eigenvalue weighted by Crippen LogP contribution is -2.29. The molecule has 2 rings (SSSR count). The van der Waals surface area contributed by atoms with E-state index < -0.39 is 0 Å². The number of nitrogens with two attached hydrogens (primary N) is 1. The maximum absolute atomic E-state index is 5.59. The fraction of sp³-hybridized carbons (Fsp3) is 0.750. The third-order valence-corrected chi connectivity index (χ3v) is 3.88. The van der Waals surface area contributed by atoms with Gasteiger partial charge < -0.3 is 10.6 Å². The Morgan fingerprint density at radius 3 is 2.61 bits per heavy atom. The van der Waals surface area contributed by atoms with E-state index in [-0.39, 0.29) is 5.41 Å². The van der Waals surface area contributed by atoms with Gasteiger partial charge >= 0.3 is 0 Å². The Morgan fingerprint density at radius 1 is 1.50 bits per heavy atom. The van der Waals surface area contributed by atoms with E-state index in [0.29, 0.717) is 11.0 Å². The van der Waals surface area contributed by atoms with Crippen molar-refractivity contribution in [1.82, 2.24) is 9.36 Å². The zero-order valence-electron chi connectivity index (χ0n) is 11.1. The predicted molar refractivity (Wildman–Crippen MR) is 80.4 cm³/mol. The minimum atomic E-state index is 0.00708. The molecule has 0 aliphatic heterocycles. The van der Waals surface area contributed by atoms with Crippen LogP contribution in [0.25, 0.3) is 0 Å². The van der Waals surface area contributed by atoms with Crippen LogP contribution in [0.15, 0.2) is 0 Å². The second-order valence-electron chi connectivity index (χ2n) is 5.79. The van der Waals surface area contributed by atoms with Gasteiger partial charge in [-0.3, -0.25) is 0 Å². The molecule has 1 fully saturated rings. The van der Waals surface area contributed by atoms with Gasteiger partial charge in [-0.1, -0.05) is 33.0 Å². The zero-order valence-corrected chi connectivity index (χ0v) is 12.8. The molecule has 1 aromatic heterocycles. The largest absolute Gasteiger partial charge is 0.393 e. The molecule has 0 unspecified atom stereocenters. The highest BCUT2D eigenvalue weighted by Gasteiger charge is 2.32. The molecule has 1 aliphatic carbocycles. The first-order valence-electron chi connectivity index (χ1n) is 6.27. The molecule has 1 heterocycles. The van der Waals surface area contributed by atoms with Gasteiger partial charge in [0.1, 0.15) is 5.82 Å². The van der Waals surface area contributed by atoms with Crippen molar-refractivity contribution in [2.45, 2.75) is 51.5 Å². The molecule has 100 valence electrons. The van der Waals surface area contributed by atoms with Gasteiger partial charge in [-0.05, 0) is 12.8 Å². The van der Waals surface area contributed by atoms with Crippen molar-refractivity contribution >= 4 is 33.9 Å². The summed E-state index contributed by atoms with van der Waals surface area (Å²) in [7, 11) is 0. The van der Waals surface area contributed by atoms with Crippen LogP contribution in [0.5, 0.6) is 0 Å². The van der Waals surface area contributed by atoms with Crippen molar-refractivity contribution in [2.75, 3.05) is 11.4 Å². The molecular formula is C12H20N4S2. The molecule has 0 atom stereocenters. The molecule has 2 N–H and O–H groups in total. The summed E-state index contributed by atoms with van der Waals surface area (Å²) in [5.41, 5.74) is 5.59. The van der Waals surface area contributed by atoms with Crippen LogP contribution in [0.2, 0.25) is 0 Å². The molecule has 1 aromatic rings. The predicted octanol–water partition coefficient (Wildman–Crippen LogP) is 2.48. The van der Waals surface area contributed by atoms with E-state index in [0.717, 1.165) is 23.9 Å². The van der Waals surface area contributed by atoms with E-state index in [2.05, 4.69) is 35.0 Å². The lowest BCUT2D eigenvalue weighted by Gasteiger charge is -2.20. The highest BCUT2D eigenvalue weighted by atomic mass is 32.1. The lowest BCUT2D eigenvalue weighted by molar-refractivity contribution is 0.554. The molecule has 1 saturated carbocycles. The summed E-state index contributed by atoms with van der Waals surface area (Å²) in [5, 5.41) is 1.01. The van der Waals surface area contributed by atoms with E-state index in [1.54, 1.807) is 0 Å². The van der Waals surface area contributed by atoms with Crippen LogP contribution in [-0.2, 0) is 5.41 Å². The normalized spacial score (nSPS) is 15.7. The van der Waals surface area contributed by atoms with Crippen LogP contribution in [0, 0.1) is 0 Å². The minimum Gasteiger partial charge on any atom is -0.393 e. The second-order valence-corrected chi connectivity index (χ2v) is 7.05. The summed E-state index contributed by atoms with van der Waals surface area (Å²) >= 11 is 6.44. The first-order chi connectivity index (χ1) is 8.38. The number of nitrogens with zero attached hydrogens (tertiary/aromatic N) is 3. The van der Waals surface area contributed by atoms with Crippen LogP contribution >= 0.6 is 23.8 Å². The van der Waals surface area contributed by atoms with E-state index in [4.69, 9.17) is 18.0 Å². The number of rotatable bonds is 5. The zero-order chi connectivity index (χ0) is 13.3. The number of aromatic nitrogens is 2. The Hall–Kier alpha value is -0.750. The fourth-order valence-corrected chi connectivity index (χ4v) is 2.73. The number of thiocarbonyl (C=S) groups is 1. The third kappa shape index (κ3) is 3.38. The van der Waals surface area contributed by atoms with Gasteiger partial charge in [0.2, 0.25) is 5.13 Å². The standard InChI is InChI=1S/C12H20N4S2/c1-12(2,3)10-14-11(18-15-10)16(8-4-5-8)7-6-9(13)17/h8H,4-7H2,1-3H3,(H2,13,17). The number of hydrogen-bond acceptors (Lipinski definition) is 5.